The highest BCUT2D eigenvalue weighted by molar-refractivity contribution is 6.37. The second kappa shape index (κ2) is 16.4. The van der Waals surface area contributed by atoms with E-state index in [1.165, 1.54) is 0 Å². The first-order valence-electron chi connectivity index (χ1n) is 17.8. The average Bonchev–Trinajstić information content (AvgIpc) is 3.46. The fourth-order valence-corrected chi connectivity index (χ4v) is 9.29. The summed E-state index contributed by atoms with van der Waals surface area (Å²) in [4.78, 5) is 2.50. The Morgan fingerprint density at radius 1 is 0.936 bits per heavy atom. The summed E-state index contributed by atoms with van der Waals surface area (Å²) in [5, 5.41) is 21.8. The lowest BCUT2D eigenvalue weighted by atomic mass is 9.61. The number of likely N-dealkylation sites (tertiary alicyclic amines) is 1. The number of rotatable bonds is 13. The Hall–Kier alpha value is -0.900. The molecule has 4 rings (SSSR count). The predicted molar refractivity (Wildman–Crippen MR) is 176 cm³/mol. The fourth-order valence-electron chi connectivity index (χ4n) is 8.74. The number of phenols is 1. The van der Waals surface area contributed by atoms with Gasteiger partial charge in [0, 0.05) is 18.4 Å². The molecule has 270 valence electrons. The summed E-state index contributed by atoms with van der Waals surface area (Å²) in [6.45, 7) is 5.97. The highest BCUT2D eigenvalue weighted by Gasteiger charge is 2.56. The van der Waals surface area contributed by atoms with Crippen molar-refractivity contribution in [2.45, 2.75) is 159 Å². The monoisotopic (exact) mass is 715 g/mol. The lowest BCUT2D eigenvalue weighted by Crippen LogP contribution is -2.38. The molecule has 0 aromatic heterocycles. The van der Waals surface area contributed by atoms with Crippen LogP contribution in [0, 0.1) is 17.8 Å². The molecule has 1 saturated heterocycles. The third-order valence-electron chi connectivity index (χ3n) is 11.5. The standard InChI is InChI=1S/C36H53Cl2F6NO2/c1-23-14-17-34(2,47)18-15-29(39)31-26-22-28(37)33(46)32(38)27(26)21-24(30(23)31)11-6-5-9-19-45-20-10-13-25(45)12-7-3-4-8-16-35(40,41)36(42,43)44/h22-25,29-31,46-47H,3-21H2,1-2H3. The van der Waals surface area contributed by atoms with E-state index in [9.17, 15) is 32.2 Å². The van der Waals surface area contributed by atoms with Crippen molar-refractivity contribution >= 4 is 23.2 Å². The third-order valence-corrected chi connectivity index (χ3v) is 12.2. The van der Waals surface area contributed by atoms with Crippen LogP contribution in [-0.2, 0) is 6.42 Å². The van der Waals surface area contributed by atoms with Crippen molar-refractivity contribution in [3.63, 3.8) is 0 Å². The lowest BCUT2D eigenvalue weighted by Gasteiger charge is -2.44. The maximum absolute atomic E-state index is 16.2. The zero-order valence-corrected chi connectivity index (χ0v) is 29.4. The number of aromatic hydroxyl groups is 1. The molecular formula is C36H53Cl2F6NO2. The van der Waals surface area contributed by atoms with Crippen molar-refractivity contribution in [3.05, 3.63) is 27.2 Å². The van der Waals surface area contributed by atoms with Crippen LogP contribution in [-0.4, -0.2) is 58.1 Å². The van der Waals surface area contributed by atoms with Crippen LogP contribution in [0.2, 0.25) is 10.0 Å². The quantitative estimate of drug-likeness (QED) is 0.158. The number of halogens is 8. The highest BCUT2D eigenvalue weighted by Crippen LogP contribution is 2.54. The number of nitrogens with zero attached hydrogens (tertiary/aromatic N) is 1. The Labute approximate surface area is 286 Å². The van der Waals surface area contributed by atoms with Crippen LogP contribution in [0.3, 0.4) is 0 Å². The first kappa shape index (κ1) is 38.9. The number of hydrogen-bond donors (Lipinski definition) is 2. The number of phenolic OH excluding ortho intramolecular Hbond substituents is 1. The van der Waals surface area contributed by atoms with Gasteiger partial charge in [0.15, 0.2) is 5.75 Å². The van der Waals surface area contributed by atoms with E-state index in [0.29, 0.717) is 38.1 Å². The van der Waals surface area contributed by atoms with Crippen molar-refractivity contribution in [2.24, 2.45) is 17.8 Å². The first-order valence-corrected chi connectivity index (χ1v) is 18.5. The van der Waals surface area contributed by atoms with E-state index in [-0.39, 0.29) is 46.4 Å². The summed E-state index contributed by atoms with van der Waals surface area (Å²) < 4.78 is 79.6. The normalized spacial score (nSPS) is 30.8. The zero-order chi connectivity index (χ0) is 34.6. The van der Waals surface area contributed by atoms with Gasteiger partial charge in [-0.15, -0.1) is 0 Å². The molecule has 2 N–H and O–H groups in total. The Kier molecular flexibility index (Phi) is 13.6. The number of hydrogen-bond acceptors (Lipinski definition) is 3. The van der Waals surface area contributed by atoms with Gasteiger partial charge in [0.2, 0.25) is 0 Å². The van der Waals surface area contributed by atoms with Crippen LogP contribution in [0.1, 0.15) is 134 Å². The summed E-state index contributed by atoms with van der Waals surface area (Å²) in [5.41, 5.74) is 0.699. The largest absolute Gasteiger partial charge is 0.505 e. The molecule has 0 radical (unpaired) electrons. The van der Waals surface area contributed by atoms with Crippen LogP contribution in [0.25, 0.3) is 0 Å². The molecule has 0 bridgehead atoms. The van der Waals surface area contributed by atoms with Gasteiger partial charge in [-0.25, -0.2) is 4.39 Å². The van der Waals surface area contributed by atoms with E-state index in [2.05, 4.69) is 11.8 Å². The molecule has 3 nitrogen and oxygen atoms in total. The van der Waals surface area contributed by atoms with Crippen molar-refractivity contribution in [3.8, 4) is 5.75 Å². The second-order valence-corrected chi connectivity index (χ2v) is 15.8. The number of alkyl halides is 6. The van der Waals surface area contributed by atoms with E-state index >= 15 is 4.39 Å². The third kappa shape index (κ3) is 9.88. The molecule has 11 heteroatoms. The molecule has 2 fully saturated rings. The van der Waals surface area contributed by atoms with Crippen LogP contribution in [0.4, 0.5) is 26.3 Å². The molecule has 7 unspecified atom stereocenters. The minimum absolute atomic E-state index is 0.0747. The van der Waals surface area contributed by atoms with Gasteiger partial charge in [-0.05, 0) is 126 Å². The minimum atomic E-state index is -5.47. The Bertz CT molecular complexity index is 1170. The van der Waals surface area contributed by atoms with Gasteiger partial charge in [-0.1, -0.05) is 62.2 Å². The molecule has 2 aliphatic carbocycles. The van der Waals surface area contributed by atoms with Crippen LogP contribution >= 0.6 is 23.2 Å². The van der Waals surface area contributed by atoms with Crippen molar-refractivity contribution in [2.75, 3.05) is 13.1 Å². The molecule has 1 aromatic rings. The molecule has 7 atom stereocenters. The Morgan fingerprint density at radius 3 is 2.32 bits per heavy atom. The lowest BCUT2D eigenvalue weighted by molar-refractivity contribution is -0.284. The minimum Gasteiger partial charge on any atom is -0.505 e. The number of fused-ring (bicyclic) bond motifs is 3. The van der Waals surface area contributed by atoms with Crippen molar-refractivity contribution in [1.29, 1.82) is 0 Å². The van der Waals surface area contributed by atoms with E-state index in [0.717, 1.165) is 82.0 Å². The molecule has 1 heterocycles. The fraction of sp³-hybridized carbons (Fsp3) is 0.833. The Morgan fingerprint density at radius 2 is 1.60 bits per heavy atom. The van der Waals surface area contributed by atoms with Gasteiger partial charge in [0.05, 0.1) is 15.6 Å². The summed E-state index contributed by atoms with van der Waals surface area (Å²) in [7, 11) is 0. The molecule has 47 heavy (non-hydrogen) atoms. The smallest absolute Gasteiger partial charge is 0.453 e. The SMILES string of the molecule is CC1CCC(C)(O)CCC(F)C2c3cc(Cl)c(O)c(Cl)c3CC(CCCCCN3CCCC3CCCCCCC(F)(F)C(F)(F)F)C12. The van der Waals surface area contributed by atoms with Crippen LogP contribution in [0.5, 0.6) is 5.75 Å². The topological polar surface area (TPSA) is 43.7 Å². The molecule has 1 aromatic carbocycles. The summed E-state index contributed by atoms with van der Waals surface area (Å²) in [5.74, 6) is -4.69. The van der Waals surface area contributed by atoms with Gasteiger partial charge in [0.1, 0.15) is 6.17 Å². The number of benzene rings is 1. The van der Waals surface area contributed by atoms with Gasteiger partial charge in [-0.3, -0.25) is 0 Å². The molecule has 3 aliphatic rings. The molecule has 0 amide bonds. The molecule has 1 aliphatic heterocycles. The Balaban J connectivity index is 1.29. The maximum Gasteiger partial charge on any atom is 0.453 e. The van der Waals surface area contributed by atoms with Crippen molar-refractivity contribution in [1.82, 2.24) is 4.90 Å². The van der Waals surface area contributed by atoms with Crippen LogP contribution in [0.15, 0.2) is 6.07 Å². The zero-order valence-electron chi connectivity index (χ0n) is 27.8. The van der Waals surface area contributed by atoms with Crippen molar-refractivity contribution < 1.29 is 36.6 Å². The number of aliphatic hydroxyl groups is 1. The summed E-state index contributed by atoms with van der Waals surface area (Å²) in [6, 6.07) is 2.14. The van der Waals surface area contributed by atoms with E-state index in [4.69, 9.17) is 23.2 Å². The van der Waals surface area contributed by atoms with Gasteiger partial charge < -0.3 is 15.1 Å². The summed E-state index contributed by atoms with van der Waals surface area (Å²) >= 11 is 13.0. The molecule has 0 spiro atoms. The molecular weight excluding hydrogens is 663 g/mol. The van der Waals surface area contributed by atoms with E-state index < -0.39 is 36.2 Å². The molecule has 1 saturated carbocycles. The van der Waals surface area contributed by atoms with E-state index in [1.807, 2.05) is 0 Å². The van der Waals surface area contributed by atoms with E-state index in [1.54, 1.807) is 13.0 Å². The first-order chi connectivity index (χ1) is 22.0. The van der Waals surface area contributed by atoms with Gasteiger partial charge in [-0.2, -0.15) is 22.0 Å². The highest BCUT2D eigenvalue weighted by atomic mass is 35.5. The summed E-state index contributed by atoms with van der Waals surface area (Å²) in [6.07, 6.45) is 3.84. The average molecular weight is 717 g/mol. The van der Waals surface area contributed by atoms with Crippen LogP contribution < -0.4 is 0 Å². The maximum atomic E-state index is 16.2. The predicted octanol–water partition coefficient (Wildman–Crippen LogP) is 11.4. The second-order valence-electron chi connectivity index (χ2n) is 15.1. The van der Waals surface area contributed by atoms with Gasteiger partial charge >= 0.3 is 12.1 Å². The number of unbranched alkanes of at least 4 members (excludes halogenated alkanes) is 5. The van der Waals surface area contributed by atoms with Gasteiger partial charge in [0.25, 0.3) is 0 Å².